The van der Waals surface area contributed by atoms with Gasteiger partial charge in [0, 0.05) is 12.1 Å². The molecular weight excluding hydrogens is 370 g/mol. The quantitative estimate of drug-likeness (QED) is 0.485. The fourth-order valence-electron chi connectivity index (χ4n) is 3.11. The largest absolute Gasteiger partial charge is 0.444 e. The molecule has 2 rings (SSSR count). The number of carbonyl (C=O) groups excluding carboxylic acids is 2. The zero-order valence-corrected chi connectivity index (χ0v) is 19.5. The fraction of sp³-hybridized carbons (Fsp3) is 0.636. The molecule has 1 aromatic rings. The van der Waals surface area contributed by atoms with Crippen LogP contribution in [-0.2, 0) is 9.16 Å². The van der Waals surface area contributed by atoms with Gasteiger partial charge in [-0.1, -0.05) is 45.0 Å². The molecule has 6 heteroatoms. The van der Waals surface area contributed by atoms with Gasteiger partial charge in [0.1, 0.15) is 11.9 Å². The first-order valence-corrected chi connectivity index (χ1v) is 12.9. The van der Waals surface area contributed by atoms with E-state index in [0.29, 0.717) is 12.1 Å². The van der Waals surface area contributed by atoms with Crippen molar-refractivity contribution in [1.82, 2.24) is 4.90 Å². The fourth-order valence-corrected chi connectivity index (χ4v) is 4.47. The molecule has 2 atom stereocenters. The third-order valence-electron chi connectivity index (χ3n) is 5.62. The minimum atomic E-state index is -1.95. The van der Waals surface area contributed by atoms with E-state index < -0.39 is 13.9 Å². The minimum Gasteiger partial charge on any atom is -0.444 e. The van der Waals surface area contributed by atoms with Crippen molar-refractivity contribution in [3.8, 4) is 0 Å². The van der Waals surface area contributed by atoms with Gasteiger partial charge < -0.3 is 9.16 Å². The number of nitrogens with zero attached hydrogens (tertiary/aromatic N) is 1. The van der Waals surface area contributed by atoms with Crippen LogP contribution in [0.1, 0.15) is 69.9 Å². The minimum absolute atomic E-state index is 0.0239. The lowest BCUT2D eigenvalue weighted by molar-refractivity contribution is 0.0208. The molecule has 2 unspecified atom stereocenters. The summed E-state index contributed by atoms with van der Waals surface area (Å²) in [4.78, 5) is 25.6. The van der Waals surface area contributed by atoms with E-state index in [1.807, 2.05) is 32.9 Å². The van der Waals surface area contributed by atoms with Gasteiger partial charge in [-0.3, -0.25) is 9.69 Å². The van der Waals surface area contributed by atoms with Crippen molar-refractivity contribution in [2.24, 2.45) is 0 Å². The maximum atomic E-state index is 12.9. The molecular formula is C22H35NO4Si. The number of hydrogen-bond acceptors (Lipinski definition) is 4. The van der Waals surface area contributed by atoms with Crippen LogP contribution in [0.25, 0.3) is 0 Å². The summed E-state index contributed by atoms with van der Waals surface area (Å²) in [7, 11) is -1.95. The van der Waals surface area contributed by atoms with Crippen LogP contribution in [0.3, 0.4) is 0 Å². The molecule has 0 saturated carbocycles. The van der Waals surface area contributed by atoms with E-state index in [4.69, 9.17) is 9.16 Å². The zero-order chi connectivity index (χ0) is 21.3. The summed E-state index contributed by atoms with van der Waals surface area (Å²) in [5.41, 5.74) is 1.07. The molecule has 0 N–H and O–H groups in total. The van der Waals surface area contributed by atoms with Crippen LogP contribution >= 0.6 is 0 Å². The molecule has 0 radical (unpaired) electrons. The lowest BCUT2D eigenvalue weighted by Crippen LogP contribution is -2.45. The first-order valence-electron chi connectivity index (χ1n) is 9.96. The van der Waals surface area contributed by atoms with Crippen molar-refractivity contribution in [3.63, 3.8) is 0 Å². The molecule has 1 aliphatic heterocycles. The Balaban J connectivity index is 2.27. The molecule has 0 bridgehead atoms. The van der Waals surface area contributed by atoms with Gasteiger partial charge in [0.2, 0.25) is 0 Å². The molecule has 156 valence electrons. The molecule has 1 aromatic carbocycles. The zero-order valence-electron chi connectivity index (χ0n) is 18.5. The average Bonchev–Trinajstić information content (AvgIpc) is 2.95. The van der Waals surface area contributed by atoms with Crippen LogP contribution in [0.4, 0.5) is 4.79 Å². The first-order chi connectivity index (χ1) is 12.7. The Morgan fingerprint density at radius 3 is 2.14 bits per heavy atom. The Bertz CT molecular complexity index is 701. The van der Waals surface area contributed by atoms with Crippen molar-refractivity contribution in [3.05, 3.63) is 35.4 Å². The van der Waals surface area contributed by atoms with Crippen molar-refractivity contribution in [2.75, 3.05) is 6.54 Å². The SMILES string of the molecule is CC(C)(C)OC(=O)N1CC(O[Si](C)(C)C(C)(C)C)CC1c1ccc(C=O)cc1. The summed E-state index contributed by atoms with van der Waals surface area (Å²) in [5.74, 6) is 0. The van der Waals surface area contributed by atoms with Crippen molar-refractivity contribution >= 4 is 20.7 Å². The Labute approximate surface area is 170 Å². The smallest absolute Gasteiger partial charge is 0.410 e. The maximum absolute atomic E-state index is 12.9. The van der Waals surface area contributed by atoms with Crippen molar-refractivity contribution < 1.29 is 18.8 Å². The van der Waals surface area contributed by atoms with E-state index in [0.717, 1.165) is 18.3 Å². The summed E-state index contributed by atoms with van der Waals surface area (Å²) in [6.07, 6.45) is 1.21. The van der Waals surface area contributed by atoms with Gasteiger partial charge in [0.05, 0.1) is 12.1 Å². The second-order valence-corrected chi connectivity index (χ2v) is 14.9. The Morgan fingerprint density at radius 1 is 1.11 bits per heavy atom. The summed E-state index contributed by atoms with van der Waals surface area (Å²) in [5, 5.41) is 0.105. The topological polar surface area (TPSA) is 55.8 Å². The third-order valence-corrected chi connectivity index (χ3v) is 10.2. The molecule has 0 aromatic heterocycles. The molecule has 1 amide bonds. The standard InChI is InChI=1S/C22H35NO4Si/c1-21(2,3)26-20(25)23-14-18(27-28(7,8)22(4,5)6)13-19(23)17-11-9-16(15-24)10-12-17/h9-12,15,18-19H,13-14H2,1-8H3. The molecule has 1 fully saturated rings. The number of rotatable bonds is 4. The predicted molar refractivity (Wildman–Crippen MR) is 114 cm³/mol. The van der Waals surface area contributed by atoms with Crippen LogP contribution in [0.15, 0.2) is 24.3 Å². The van der Waals surface area contributed by atoms with E-state index in [1.165, 1.54) is 0 Å². The normalized spacial score (nSPS) is 20.9. The maximum Gasteiger partial charge on any atom is 0.410 e. The van der Waals surface area contributed by atoms with Gasteiger partial charge in [0.25, 0.3) is 0 Å². The van der Waals surface area contributed by atoms with Gasteiger partial charge in [-0.15, -0.1) is 0 Å². The van der Waals surface area contributed by atoms with Gasteiger partial charge in [-0.2, -0.15) is 0 Å². The highest BCUT2D eigenvalue weighted by molar-refractivity contribution is 6.74. The monoisotopic (exact) mass is 405 g/mol. The number of ether oxygens (including phenoxy) is 1. The summed E-state index contributed by atoms with van der Waals surface area (Å²) in [6.45, 7) is 17.3. The van der Waals surface area contributed by atoms with Crippen LogP contribution in [0.2, 0.25) is 18.1 Å². The molecule has 0 spiro atoms. The molecule has 1 aliphatic rings. The summed E-state index contributed by atoms with van der Waals surface area (Å²) in [6, 6.07) is 7.29. The van der Waals surface area contributed by atoms with E-state index in [1.54, 1.807) is 17.0 Å². The van der Waals surface area contributed by atoms with Crippen molar-refractivity contribution in [2.45, 2.75) is 83.8 Å². The molecule has 28 heavy (non-hydrogen) atoms. The number of amides is 1. The summed E-state index contributed by atoms with van der Waals surface area (Å²) >= 11 is 0. The van der Waals surface area contributed by atoms with Crippen LogP contribution in [-0.4, -0.2) is 43.8 Å². The number of benzene rings is 1. The number of likely N-dealkylation sites (tertiary alicyclic amines) is 1. The van der Waals surface area contributed by atoms with E-state index in [-0.39, 0.29) is 23.3 Å². The van der Waals surface area contributed by atoms with Gasteiger partial charge in [0.15, 0.2) is 8.32 Å². The Morgan fingerprint density at radius 2 is 1.68 bits per heavy atom. The Hall–Kier alpha value is -1.66. The number of aldehydes is 1. The highest BCUT2D eigenvalue weighted by atomic mass is 28.4. The van der Waals surface area contributed by atoms with Gasteiger partial charge >= 0.3 is 6.09 Å². The number of hydrogen-bond donors (Lipinski definition) is 0. The lowest BCUT2D eigenvalue weighted by Gasteiger charge is -2.38. The van der Waals surface area contributed by atoms with Gasteiger partial charge in [-0.05, 0) is 50.9 Å². The summed E-state index contributed by atoms with van der Waals surface area (Å²) < 4.78 is 12.3. The Kier molecular flexibility index (Phi) is 6.46. The van der Waals surface area contributed by atoms with Crippen LogP contribution < -0.4 is 0 Å². The second kappa shape index (κ2) is 7.99. The highest BCUT2D eigenvalue weighted by Gasteiger charge is 2.44. The van der Waals surface area contributed by atoms with Crippen LogP contribution in [0.5, 0.6) is 0 Å². The van der Waals surface area contributed by atoms with Crippen molar-refractivity contribution in [1.29, 1.82) is 0 Å². The third kappa shape index (κ3) is 5.45. The predicted octanol–water partition coefficient (Wildman–Crippen LogP) is 5.57. The van der Waals surface area contributed by atoms with E-state index in [2.05, 4.69) is 33.9 Å². The second-order valence-electron chi connectivity index (χ2n) is 10.2. The molecule has 5 nitrogen and oxygen atoms in total. The first kappa shape index (κ1) is 22.6. The number of carbonyl (C=O) groups is 2. The lowest BCUT2D eigenvalue weighted by atomic mass is 10.0. The van der Waals surface area contributed by atoms with Gasteiger partial charge in [-0.25, -0.2) is 4.79 Å². The molecule has 1 heterocycles. The average molecular weight is 406 g/mol. The molecule has 0 aliphatic carbocycles. The molecule has 1 saturated heterocycles. The highest BCUT2D eigenvalue weighted by Crippen LogP contribution is 2.41. The van der Waals surface area contributed by atoms with Crippen LogP contribution in [0, 0.1) is 0 Å². The van der Waals surface area contributed by atoms with E-state index in [9.17, 15) is 9.59 Å². The van der Waals surface area contributed by atoms with E-state index >= 15 is 0 Å².